The lowest BCUT2D eigenvalue weighted by Crippen LogP contribution is -2.36. The van der Waals surface area contributed by atoms with Crippen molar-refractivity contribution in [1.29, 1.82) is 0 Å². The topological polar surface area (TPSA) is 37.4 Å². The van der Waals surface area contributed by atoms with Gasteiger partial charge in [0.2, 0.25) is 0 Å². The number of hydrogen-bond acceptors (Lipinski definition) is 4. The molecule has 2 heterocycles. The average Bonchev–Trinajstić information content (AvgIpc) is 2.52. The van der Waals surface area contributed by atoms with E-state index in [2.05, 4.69) is 28.2 Å². The second-order valence-corrected chi connectivity index (χ2v) is 5.52. The number of ether oxygens (including phenoxy) is 1. The first-order chi connectivity index (χ1) is 9.85. The van der Waals surface area contributed by atoms with E-state index in [0.717, 1.165) is 44.5 Å². The Morgan fingerprint density at radius 3 is 3.20 bits per heavy atom. The van der Waals surface area contributed by atoms with Crippen molar-refractivity contribution in [3.63, 3.8) is 0 Å². The van der Waals surface area contributed by atoms with Crippen molar-refractivity contribution in [3.8, 4) is 0 Å². The number of piperidine rings is 1. The van der Waals surface area contributed by atoms with Gasteiger partial charge in [-0.15, -0.1) is 0 Å². The van der Waals surface area contributed by atoms with Crippen LogP contribution in [0.5, 0.6) is 0 Å². The van der Waals surface area contributed by atoms with E-state index in [1.807, 2.05) is 12.3 Å². The zero-order valence-electron chi connectivity index (χ0n) is 12.8. The van der Waals surface area contributed by atoms with E-state index in [1.54, 1.807) is 7.11 Å². The Morgan fingerprint density at radius 1 is 1.50 bits per heavy atom. The third-order valence-corrected chi connectivity index (χ3v) is 4.06. The van der Waals surface area contributed by atoms with Crippen LogP contribution >= 0.6 is 0 Å². The van der Waals surface area contributed by atoms with Crippen LogP contribution in [-0.4, -0.2) is 38.3 Å². The van der Waals surface area contributed by atoms with Crippen molar-refractivity contribution in [3.05, 3.63) is 23.9 Å². The normalized spacial score (nSPS) is 19.3. The van der Waals surface area contributed by atoms with Crippen molar-refractivity contribution >= 4 is 5.82 Å². The number of pyridine rings is 1. The van der Waals surface area contributed by atoms with Crippen molar-refractivity contribution in [2.45, 2.75) is 32.7 Å². The zero-order chi connectivity index (χ0) is 14.2. The molecule has 1 saturated heterocycles. The predicted octanol–water partition coefficient (Wildman–Crippen LogP) is 2.44. The van der Waals surface area contributed by atoms with Crippen LogP contribution in [0.1, 0.15) is 31.7 Å². The first-order valence-corrected chi connectivity index (χ1v) is 7.73. The monoisotopic (exact) mass is 277 g/mol. The van der Waals surface area contributed by atoms with E-state index in [9.17, 15) is 0 Å². The molecule has 112 valence electrons. The summed E-state index contributed by atoms with van der Waals surface area (Å²) in [6, 6.07) is 4.20. The van der Waals surface area contributed by atoms with E-state index in [-0.39, 0.29) is 0 Å². The molecular weight excluding hydrogens is 250 g/mol. The molecule has 1 aliphatic heterocycles. The Labute approximate surface area is 122 Å². The van der Waals surface area contributed by atoms with Crippen LogP contribution < -0.4 is 10.2 Å². The van der Waals surface area contributed by atoms with Crippen LogP contribution in [0.25, 0.3) is 0 Å². The molecule has 1 N–H and O–H groups in total. The van der Waals surface area contributed by atoms with Gasteiger partial charge in [-0.2, -0.15) is 0 Å². The zero-order valence-corrected chi connectivity index (χ0v) is 12.8. The van der Waals surface area contributed by atoms with E-state index in [0.29, 0.717) is 0 Å². The van der Waals surface area contributed by atoms with Crippen molar-refractivity contribution in [1.82, 2.24) is 10.3 Å². The molecule has 4 heteroatoms. The third-order valence-electron chi connectivity index (χ3n) is 4.06. The second kappa shape index (κ2) is 8.22. The Kier molecular flexibility index (Phi) is 6.27. The molecule has 0 saturated carbocycles. The summed E-state index contributed by atoms with van der Waals surface area (Å²) >= 11 is 0. The molecule has 0 aliphatic carbocycles. The van der Waals surface area contributed by atoms with Gasteiger partial charge in [-0.3, -0.25) is 0 Å². The average molecular weight is 277 g/mol. The summed E-state index contributed by atoms with van der Waals surface area (Å²) in [5.41, 5.74) is 1.29. The minimum absolute atomic E-state index is 0.747. The van der Waals surface area contributed by atoms with Gasteiger partial charge in [0.15, 0.2) is 0 Å². The summed E-state index contributed by atoms with van der Waals surface area (Å²) in [6.07, 6.45) is 5.82. The lowest BCUT2D eigenvalue weighted by atomic mass is 9.95. The number of methoxy groups -OCH3 is 1. The van der Waals surface area contributed by atoms with Gasteiger partial charge in [-0.1, -0.05) is 19.4 Å². The molecule has 1 aliphatic rings. The molecule has 0 aromatic carbocycles. The van der Waals surface area contributed by atoms with Crippen LogP contribution in [0.3, 0.4) is 0 Å². The van der Waals surface area contributed by atoms with Gasteiger partial charge in [0.1, 0.15) is 5.82 Å². The summed E-state index contributed by atoms with van der Waals surface area (Å²) in [7, 11) is 1.73. The summed E-state index contributed by atoms with van der Waals surface area (Å²) < 4.78 is 5.07. The lowest BCUT2D eigenvalue weighted by molar-refractivity contribution is 0.199. The maximum Gasteiger partial charge on any atom is 0.133 e. The maximum atomic E-state index is 5.07. The molecule has 2 rings (SSSR count). The van der Waals surface area contributed by atoms with E-state index < -0.39 is 0 Å². The van der Waals surface area contributed by atoms with Gasteiger partial charge >= 0.3 is 0 Å². The van der Waals surface area contributed by atoms with Gasteiger partial charge in [0.25, 0.3) is 0 Å². The number of nitrogens with one attached hydrogen (secondary N) is 1. The fraction of sp³-hybridized carbons (Fsp3) is 0.688. The molecule has 0 amide bonds. The molecule has 0 radical (unpaired) electrons. The van der Waals surface area contributed by atoms with Crippen molar-refractivity contribution in [2.24, 2.45) is 5.92 Å². The predicted molar refractivity (Wildman–Crippen MR) is 83.0 cm³/mol. The quantitative estimate of drug-likeness (QED) is 0.777. The minimum atomic E-state index is 0.747. The number of aromatic nitrogens is 1. The highest BCUT2D eigenvalue weighted by Gasteiger charge is 2.21. The lowest BCUT2D eigenvalue weighted by Gasteiger charge is -2.34. The molecule has 20 heavy (non-hydrogen) atoms. The maximum absolute atomic E-state index is 5.07. The van der Waals surface area contributed by atoms with Crippen LogP contribution in [-0.2, 0) is 11.3 Å². The van der Waals surface area contributed by atoms with Crippen LogP contribution in [0.4, 0.5) is 5.82 Å². The largest absolute Gasteiger partial charge is 0.383 e. The smallest absolute Gasteiger partial charge is 0.133 e. The number of anilines is 1. The first-order valence-electron chi connectivity index (χ1n) is 7.73. The third kappa shape index (κ3) is 4.18. The van der Waals surface area contributed by atoms with Crippen LogP contribution in [0.2, 0.25) is 0 Å². The van der Waals surface area contributed by atoms with Gasteiger partial charge < -0.3 is 15.0 Å². The van der Waals surface area contributed by atoms with Gasteiger partial charge in [0.05, 0.1) is 6.61 Å². The summed E-state index contributed by atoms with van der Waals surface area (Å²) in [4.78, 5) is 7.09. The van der Waals surface area contributed by atoms with Crippen molar-refractivity contribution in [2.75, 3.05) is 38.3 Å². The van der Waals surface area contributed by atoms with E-state index in [1.165, 1.54) is 24.8 Å². The van der Waals surface area contributed by atoms with Gasteiger partial charge in [-0.05, 0) is 24.8 Å². The van der Waals surface area contributed by atoms with E-state index in [4.69, 9.17) is 4.74 Å². The fourth-order valence-corrected chi connectivity index (χ4v) is 2.84. The first kappa shape index (κ1) is 15.3. The molecule has 1 atom stereocenters. The van der Waals surface area contributed by atoms with Crippen molar-refractivity contribution < 1.29 is 4.74 Å². The number of nitrogens with zero attached hydrogens (tertiary/aromatic N) is 2. The Morgan fingerprint density at radius 2 is 2.40 bits per heavy atom. The Hall–Kier alpha value is -1.13. The molecule has 1 unspecified atom stereocenters. The fourth-order valence-electron chi connectivity index (χ4n) is 2.84. The molecule has 0 spiro atoms. The molecule has 1 aromatic rings. The SMILES string of the molecule is CCC1CCCN(c2ncccc2CNCCOC)C1. The molecule has 0 bridgehead atoms. The minimum Gasteiger partial charge on any atom is -0.383 e. The van der Waals surface area contributed by atoms with Gasteiger partial charge in [-0.25, -0.2) is 4.98 Å². The summed E-state index contributed by atoms with van der Waals surface area (Å²) in [5.74, 6) is 1.98. The van der Waals surface area contributed by atoms with E-state index >= 15 is 0 Å². The summed E-state index contributed by atoms with van der Waals surface area (Å²) in [6.45, 7) is 7.07. The van der Waals surface area contributed by atoms with Gasteiger partial charge in [0, 0.05) is 45.0 Å². The molecule has 1 aromatic heterocycles. The second-order valence-electron chi connectivity index (χ2n) is 5.52. The Balaban J connectivity index is 1.99. The van der Waals surface area contributed by atoms with Crippen LogP contribution in [0, 0.1) is 5.92 Å². The summed E-state index contributed by atoms with van der Waals surface area (Å²) in [5, 5.41) is 3.42. The number of rotatable bonds is 7. The standard InChI is InChI=1S/C16H27N3O/c1-3-14-6-5-10-19(13-14)16-15(7-4-8-18-16)12-17-9-11-20-2/h4,7-8,14,17H,3,5-6,9-13H2,1-2H3. The number of hydrogen-bond donors (Lipinski definition) is 1. The molecule has 1 fully saturated rings. The Bertz CT molecular complexity index is 397. The highest BCUT2D eigenvalue weighted by atomic mass is 16.5. The van der Waals surface area contributed by atoms with Crippen LogP contribution in [0.15, 0.2) is 18.3 Å². The molecular formula is C16H27N3O. The molecule has 4 nitrogen and oxygen atoms in total. The highest BCUT2D eigenvalue weighted by molar-refractivity contribution is 5.47. The highest BCUT2D eigenvalue weighted by Crippen LogP contribution is 2.25.